The molecule has 19 heavy (non-hydrogen) atoms. The van der Waals surface area contributed by atoms with Gasteiger partial charge in [-0.25, -0.2) is 4.68 Å². The van der Waals surface area contributed by atoms with Gasteiger partial charge in [0, 0.05) is 13.7 Å². The predicted molar refractivity (Wildman–Crippen MR) is 77.9 cm³/mol. The number of nitrogens with zero attached hydrogens (tertiary/aromatic N) is 2. The summed E-state index contributed by atoms with van der Waals surface area (Å²) >= 11 is 6.04. The van der Waals surface area contributed by atoms with Crippen molar-refractivity contribution < 1.29 is 4.74 Å². The maximum Gasteiger partial charge on any atom is 0.287 e. The van der Waals surface area contributed by atoms with E-state index in [1.165, 1.54) is 4.68 Å². The number of nitrogens with one attached hydrogen (secondary N) is 1. The van der Waals surface area contributed by atoms with Gasteiger partial charge in [-0.05, 0) is 18.8 Å². The van der Waals surface area contributed by atoms with Crippen molar-refractivity contribution >= 4 is 17.3 Å². The molecule has 0 atom stereocenters. The molecule has 0 aliphatic heterocycles. The van der Waals surface area contributed by atoms with Crippen LogP contribution in [0.4, 0.5) is 5.69 Å². The van der Waals surface area contributed by atoms with Gasteiger partial charge in [0.1, 0.15) is 5.02 Å². The Morgan fingerprint density at radius 2 is 2.26 bits per heavy atom. The van der Waals surface area contributed by atoms with Gasteiger partial charge in [0.25, 0.3) is 5.56 Å². The van der Waals surface area contributed by atoms with Crippen LogP contribution in [0, 0.1) is 5.92 Å². The minimum atomic E-state index is -0.285. The van der Waals surface area contributed by atoms with Gasteiger partial charge in [0.15, 0.2) is 0 Å². The molecule has 1 N–H and O–H groups in total. The summed E-state index contributed by atoms with van der Waals surface area (Å²) in [5.74, 6) is 0.678. The molecule has 6 heteroatoms. The van der Waals surface area contributed by atoms with Crippen molar-refractivity contribution in [2.75, 3.05) is 25.6 Å². The Bertz CT molecular complexity index is 446. The molecule has 0 amide bonds. The smallest absolute Gasteiger partial charge is 0.287 e. The lowest BCUT2D eigenvalue weighted by Gasteiger charge is -2.10. The molecule has 1 aromatic heterocycles. The number of anilines is 1. The van der Waals surface area contributed by atoms with Gasteiger partial charge in [-0.15, -0.1) is 0 Å². The van der Waals surface area contributed by atoms with Crippen LogP contribution >= 0.6 is 11.6 Å². The fourth-order valence-electron chi connectivity index (χ4n) is 1.66. The third-order valence-electron chi connectivity index (χ3n) is 2.77. The third-order valence-corrected chi connectivity index (χ3v) is 3.13. The van der Waals surface area contributed by atoms with Crippen LogP contribution in [0.5, 0.6) is 0 Å². The Kier molecular flexibility index (Phi) is 6.87. The van der Waals surface area contributed by atoms with Crippen molar-refractivity contribution in [2.24, 2.45) is 5.92 Å². The van der Waals surface area contributed by atoms with E-state index in [9.17, 15) is 4.79 Å². The molecule has 1 rings (SSSR count). The lowest BCUT2D eigenvalue weighted by atomic mass is 10.1. The lowest BCUT2D eigenvalue weighted by Crippen LogP contribution is -2.26. The summed E-state index contributed by atoms with van der Waals surface area (Å²) in [6.07, 6.45) is 3.78. The number of hydrogen-bond acceptors (Lipinski definition) is 4. The number of hydrogen-bond donors (Lipinski definition) is 1. The molecular weight excluding hydrogens is 266 g/mol. The second-order valence-electron chi connectivity index (χ2n) is 4.86. The monoisotopic (exact) mass is 287 g/mol. The Balaban J connectivity index is 2.61. The average Bonchev–Trinajstić information content (AvgIpc) is 2.38. The van der Waals surface area contributed by atoms with E-state index in [1.54, 1.807) is 13.3 Å². The summed E-state index contributed by atoms with van der Waals surface area (Å²) in [5, 5.41) is 7.41. The minimum absolute atomic E-state index is 0.190. The van der Waals surface area contributed by atoms with Gasteiger partial charge in [-0.1, -0.05) is 25.4 Å². The van der Waals surface area contributed by atoms with E-state index < -0.39 is 0 Å². The lowest BCUT2D eigenvalue weighted by molar-refractivity contribution is 0.182. The molecule has 0 aliphatic carbocycles. The van der Waals surface area contributed by atoms with Gasteiger partial charge in [-0.3, -0.25) is 4.79 Å². The molecule has 1 heterocycles. The van der Waals surface area contributed by atoms with E-state index in [1.807, 2.05) is 0 Å². The van der Waals surface area contributed by atoms with Gasteiger partial charge in [-0.2, -0.15) is 5.10 Å². The summed E-state index contributed by atoms with van der Waals surface area (Å²) in [6, 6.07) is 0. The SMILES string of the molecule is COCCn1ncc(NCCCC(C)C)c(Cl)c1=O. The number of methoxy groups -OCH3 is 1. The largest absolute Gasteiger partial charge is 0.383 e. The Labute approximate surface area is 118 Å². The number of halogens is 1. The highest BCUT2D eigenvalue weighted by molar-refractivity contribution is 6.32. The Morgan fingerprint density at radius 3 is 2.89 bits per heavy atom. The molecule has 0 bridgehead atoms. The maximum atomic E-state index is 11.9. The van der Waals surface area contributed by atoms with Crippen molar-refractivity contribution in [2.45, 2.75) is 33.2 Å². The molecule has 0 saturated heterocycles. The first kappa shape index (κ1) is 16.0. The van der Waals surface area contributed by atoms with Gasteiger partial charge >= 0.3 is 0 Å². The second-order valence-corrected chi connectivity index (χ2v) is 5.23. The standard InChI is InChI=1S/C13H22ClN3O2/c1-10(2)5-4-6-15-11-9-16-17(7-8-19-3)13(18)12(11)14/h9-10,15H,4-8H2,1-3H3. The van der Waals surface area contributed by atoms with Crippen LogP contribution in [0.15, 0.2) is 11.0 Å². The van der Waals surface area contributed by atoms with Crippen molar-refractivity contribution in [3.05, 3.63) is 21.6 Å². The zero-order valence-corrected chi connectivity index (χ0v) is 12.5. The van der Waals surface area contributed by atoms with Crippen molar-refractivity contribution in [1.29, 1.82) is 0 Å². The quantitative estimate of drug-likeness (QED) is 0.746. The van der Waals surface area contributed by atoms with Crippen LogP contribution in [0.3, 0.4) is 0 Å². The van der Waals surface area contributed by atoms with E-state index in [0.717, 1.165) is 19.4 Å². The topological polar surface area (TPSA) is 56.1 Å². The first-order valence-corrected chi connectivity index (χ1v) is 6.92. The molecular formula is C13H22ClN3O2. The van der Waals surface area contributed by atoms with Crippen molar-refractivity contribution in [3.8, 4) is 0 Å². The first-order chi connectivity index (χ1) is 9.06. The number of ether oxygens (including phenoxy) is 1. The van der Waals surface area contributed by atoms with Crippen LogP contribution < -0.4 is 10.9 Å². The Morgan fingerprint density at radius 1 is 1.53 bits per heavy atom. The zero-order chi connectivity index (χ0) is 14.3. The molecule has 108 valence electrons. The fourth-order valence-corrected chi connectivity index (χ4v) is 1.87. The van der Waals surface area contributed by atoms with E-state index in [0.29, 0.717) is 24.8 Å². The van der Waals surface area contributed by atoms with E-state index in [4.69, 9.17) is 16.3 Å². The van der Waals surface area contributed by atoms with E-state index in [-0.39, 0.29) is 10.6 Å². The molecule has 0 spiro atoms. The van der Waals surface area contributed by atoms with Crippen LogP contribution in [-0.2, 0) is 11.3 Å². The fraction of sp³-hybridized carbons (Fsp3) is 0.692. The van der Waals surface area contributed by atoms with Crippen LogP contribution in [-0.4, -0.2) is 30.0 Å². The van der Waals surface area contributed by atoms with Crippen LogP contribution in [0.2, 0.25) is 5.02 Å². The minimum Gasteiger partial charge on any atom is -0.383 e. The molecule has 0 fully saturated rings. The molecule has 0 saturated carbocycles. The third kappa shape index (κ3) is 5.20. The van der Waals surface area contributed by atoms with Gasteiger partial charge < -0.3 is 10.1 Å². The molecule has 5 nitrogen and oxygen atoms in total. The number of rotatable bonds is 8. The normalized spacial score (nSPS) is 11.0. The van der Waals surface area contributed by atoms with Crippen molar-refractivity contribution in [3.63, 3.8) is 0 Å². The average molecular weight is 288 g/mol. The molecule has 1 aromatic rings. The molecule has 0 aliphatic rings. The molecule has 0 radical (unpaired) electrons. The molecule has 0 aromatic carbocycles. The van der Waals surface area contributed by atoms with Crippen LogP contribution in [0.1, 0.15) is 26.7 Å². The summed E-state index contributed by atoms with van der Waals surface area (Å²) in [7, 11) is 1.58. The highest BCUT2D eigenvalue weighted by Gasteiger charge is 2.08. The number of aromatic nitrogens is 2. The van der Waals surface area contributed by atoms with E-state index >= 15 is 0 Å². The zero-order valence-electron chi connectivity index (χ0n) is 11.8. The highest BCUT2D eigenvalue weighted by atomic mass is 35.5. The predicted octanol–water partition coefficient (Wildman–Crippen LogP) is 2.39. The first-order valence-electron chi connectivity index (χ1n) is 6.54. The van der Waals surface area contributed by atoms with Gasteiger partial charge in [0.2, 0.25) is 0 Å². The van der Waals surface area contributed by atoms with Gasteiger partial charge in [0.05, 0.1) is 25.0 Å². The summed E-state index contributed by atoms with van der Waals surface area (Å²) < 4.78 is 6.22. The molecule has 0 unspecified atom stereocenters. The highest BCUT2D eigenvalue weighted by Crippen LogP contribution is 2.15. The second kappa shape index (κ2) is 8.17. The van der Waals surface area contributed by atoms with E-state index in [2.05, 4.69) is 24.3 Å². The summed E-state index contributed by atoms with van der Waals surface area (Å²) in [5.41, 5.74) is 0.316. The summed E-state index contributed by atoms with van der Waals surface area (Å²) in [4.78, 5) is 11.9. The summed E-state index contributed by atoms with van der Waals surface area (Å²) in [6.45, 7) is 6.01. The Hall–Kier alpha value is -1.07. The maximum absolute atomic E-state index is 11.9. The van der Waals surface area contributed by atoms with Crippen molar-refractivity contribution in [1.82, 2.24) is 9.78 Å². The van der Waals surface area contributed by atoms with Crippen LogP contribution in [0.25, 0.3) is 0 Å².